The van der Waals surface area contributed by atoms with Gasteiger partial charge in [0.25, 0.3) is 0 Å². The van der Waals surface area contributed by atoms with E-state index in [1.165, 1.54) is 0 Å². The molecule has 5 N–H and O–H groups in total. The van der Waals surface area contributed by atoms with Gasteiger partial charge in [-0.1, -0.05) is 11.6 Å². The third kappa shape index (κ3) is 2.95. The van der Waals surface area contributed by atoms with Crippen molar-refractivity contribution in [3.63, 3.8) is 0 Å². The van der Waals surface area contributed by atoms with E-state index < -0.39 is 21.4 Å². The van der Waals surface area contributed by atoms with Crippen molar-refractivity contribution in [3.05, 3.63) is 27.7 Å². The van der Waals surface area contributed by atoms with Crippen molar-refractivity contribution in [3.8, 4) is 0 Å². The molecule has 0 spiro atoms. The van der Waals surface area contributed by atoms with Gasteiger partial charge >= 0.3 is 0 Å². The SMILES string of the molecule is NC1NNCC1S(=O)(=O)Nc1ccc(Cl)c(Br)c1. The molecule has 0 aromatic heterocycles. The van der Waals surface area contributed by atoms with E-state index in [2.05, 4.69) is 31.5 Å². The lowest BCUT2D eigenvalue weighted by Crippen LogP contribution is -2.46. The summed E-state index contributed by atoms with van der Waals surface area (Å²) < 4.78 is 27.3. The second-order valence-electron chi connectivity index (χ2n) is 3.87. The molecule has 6 nitrogen and oxygen atoms in total. The standard InChI is InChI=1S/C9H12BrClN4O2S/c10-6-3-5(1-2-7(6)11)15-18(16,17)8-4-13-14-9(8)12/h1-3,8-9,13-15H,4,12H2. The van der Waals surface area contributed by atoms with Gasteiger partial charge in [0.05, 0.1) is 11.2 Å². The van der Waals surface area contributed by atoms with Gasteiger partial charge in [-0.25, -0.2) is 13.8 Å². The Balaban J connectivity index is 2.19. The van der Waals surface area contributed by atoms with Crippen molar-refractivity contribution in [1.82, 2.24) is 10.9 Å². The van der Waals surface area contributed by atoms with Gasteiger partial charge in [0.15, 0.2) is 0 Å². The molecule has 0 bridgehead atoms. The molecule has 0 aliphatic carbocycles. The zero-order chi connectivity index (χ0) is 13.3. The second kappa shape index (κ2) is 5.32. The monoisotopic (exact) mass is 354 g/mol. The van der Waals surface area contributed by atoms with Crippen LogP contribution in [0.1, 0.15) is 0 Å². The highest BCUT2D eigenvalue weighted by atomic mass is 79.9. The van der Waals surface area contributed by atoms with Gasteiger partial charge < -0.3 is 5.73 Å². The van der Waals surface area contributed by atoms with E-state index in [0.717, 1.165) is 0 Å². The van der Waals surface area contributed by atoms with Gasteiger partial charge in [-0.15, -0.1) is 0 Å². The van der Waals surface area contributed by atoms with Gasteiger partial charge in [-0.05, 0) is 34.1 Å². The molecular weight excluding hydrogens is 344 g/mol. The van der Waals surface area contributed by atoms with Gasteiger partial charge in [-0.3, -0.25) is 10.1 Å². The molecule has 0 radical (unpaired) electrons. The molecule has 2 rings (SSSR count). The van der Waals surface area contributed by atoms with Crippen molar-refractivity contribution < 1.29 is 8.42 Å². The fourth-order valence-electron chi connectivity index (χ4n) is 1.60. The highest BCUT2D eigenvalue weighted by Gasteiger charge is 2.35. The molecule has 1 aromatic rings. The number of hydrogen-bond acceptors (Lipinski definition) is 5. The van der Waals surface area contributed by atoms with Gasteiger partial charge in [0, 0.05) is 16.7 Å². The molecule has 1 heterocycles. The summed E-state index contributed by atoms with van der Waals surface area (Å²) in [5, 5.41) is -0.217. The number of hydrazine groups is 1. The number of halogens is 2. The average molecular weight is 356 g/mol. The summed E-state index contributed by atoms with van der Waals surface area (Å²) in [5.41, 5.74) is 11.5. The number of sulfonamides is 1. The van der Waals surface area contributed by atoms with E-state index in [0.29, 0.717) is 15.2 Å². The van der Waals surface area contributed by atoms with Crippen LogP contribution in [0, 0.1) is 0 Å². The molecule has 2 atom stereocenters. The van der Waals surface area contributed by atoms with Crippen LogP contribution in [0.25, 0.3) is 0 Å². The van der Waals surface area contributed by atoms with Crippen LogP contribution >= 0.6 is 27.5 Å². The van der Waals surface area contributed by atoms with Crippen LogP contribution in [0.2, 0.25) is 5.02 Å². The Morgan fingerprint density at radius 2 is 2.22 bits per heavy atom. The lowest BCUT2D eigenvalue weighted by molar-refractivity contribution is 0.552. The lowest BCUT2D eigenvalue weighted by atomic mass is 10.3. The van der Waals surface area contributed by atoms with Crippen molar-refractivity contribution in [1.29, 1.82) is 0 Å². The molecule has 1 aliphatic rings. The van der Waals surface area contributed by atoms with Crippen LogP contribution < -0.4 is 21.3 Å². The van der Waals surface area contributed by atoms with E-state index >= 15 is 0 Å². The third-order valence-electron chi connectivity index (χ3n) is 2.55. The molecule has 18 heavy (non-hydrogen) atoms. The fraction of sp³-hybridized carbons (Fsp3) is 0.333. The summed E-state index contributed by atoms with van der Waals surface area (Å²) in [6, 6.07) is 4.79. The first kappa shape index (κ1) is 14.0. The fourth-order valence-corrected chi connectivity index (χ4v) is 3.46. The maximum atomic E-state index is 12.1. The molecule has 0 amide bonds. The van der Waals surface area contributed by atoms with E-state index in [4.69, 9.17) is 17.3 Å². The summed E-state index contributed by atoms with van der Waals surface area (Å²) in [6.07, 6.45) is -0.641. The van der Waals surface area contributed by atoms with Crippen LogP contribution in [0.5, 0.6) is 0 Å². The highest BCUT2D eigenvalue weighted by Crippen LogP contribution is 2.26. The summed E-state index contributed by atoms with van der Waals surface area (Å²) in [7, 11) is -3.56. The van der Waals surface area contributed by atoms with Crippen molar-refractivity contribution in [2.75, 3.05) is 11.3 Å². The van der Waals surface area contributed by atoms with Gasteiger partial charge in [0.2, 0.25) is 10.0 Å². The minimum Gasteiger partial charge on any atom is -0.314 e. The number of benzene rings is 1. The van der Waals surface area contributed by atoms with Crippen LogP contribution in [0.4, 0.5) is 5.69 Å². The number of hydrogen-bond donors (Lipinski definition) is 4. The Morgan fingerprint density at radius 3 is 2.78 bits per heavy atom. The van der Waals surface area contributed by atoms with Crippen molar-refractivity contribution >= 4 is 43.2 Å². The Kier molecular flexibility index (Phi) is 4.15. The quantitative estimate of drug-likeness (QED) is 0.637. The molecule has 1 fully saturated rings. The van der Waals surface area contributed by atoms with Crippen LogP contribution in [-0.4, -0.2) is 26.4 Å². The molecule has 1 aromatic carbocycles. The minimum atomic E-state index is -3.56. The van der Waals surface area contributed by atoms with E-state index in [9.17, 15) is 8.42 Å². The van der Waals surface area contributed by atoms with Crippen LogP contribution in [-0.2, 0) is 10.0 Å². The molecular formula is C9H12BrClN4O2S. The predicted octanol–water partition coefficient (Wildman–Crippen LogP) is 0.605. The normalized spacial score (nSPS) is 24.2. The first-order valence-electron chi connectivity index (χ1n) is 5.11. The average Bonchev–Trinajstić information content (AvgIpc) is 2.70. The molecule has 1 aliphatic heterocycles. The first-order valence-corrected chi connectivity index (χ1v) is 7.82. The summed E-state index contributed by atoms with van der Waals surface area (Å²) in [5.74, 6) is 0. The maximum absolute atomic E-state index is 12.1. The van der Waals surface area contributed by atoms with Crippen molar-refractivity contribution in [2.24, 2.45) is 5.73 Å². The maximum Gasteiger partial charge on any atom is 0.239 e. The molecule has 100 valence electrons. The second-order valence-corrected chi connectivity index (χ2v) is 7.03. The first-order chi connectivity index (χ1) is 8.40. The van der Waals surface area contributed by atoms with Crippen LogP contribution in [0.3, 0.4) is 0 Å². The predicted molar refractivity (Wildman–Crippen MR) is 74.6 cm³/mol. The zero-order valence-corrected chi connectivity index (χ0v) is 12.3. The Labute approximate surface area is 118 Å². The summed E-state index contributed by atoms with van der Waals surface area (Å²) in [4.78, 5) is 0. The smallest absolute Gasteiger partial charge is 0.239 e. The number of anilines is 1. The van der Waals surface area contributed by atoms with E-state index in [1.54, 1.807) is 18.2 Å². The molecule has 0 saturated carbocycles. The lowest BCUT2D eigenvalue weighted by Gasteiger charge is -2.16. The molecule has 2 unspecified atom stereocenters. The Morgan fingerprint density at radius 1 is 1.50 bits per heavy atom. The number of rotatable bonds is 3. The Bertz CT molecular complexity index is 553. The van der Waals surface area contributed by atoms with Crippen LogP contribution in [0.15, 0.2) is 22.7 Å². The minimum absolute atomic E-state index is 0.255. The van der Waals surface area contributed by atoms with Gasteiger partial charge in [-0.2, -0.15) is 0 Å². The van der Waals surface area contributed by atoms with E-state index in [-0.39, 0.29) is 6.54 Å². The Hall–Kier alpha value is -0.380. The molecule has 1 saturated heterocycles. The van der Waals surface area contributed by atoms with Crippen molar-refractivity contribution in [2.45, 2.75) is 11.4 Å². The topological polar surface area (TPSA) is 96.2 Å². The van der Waals surface area contributed by atoms with Gasteiger partial charge in [0.1, 0.15) is 5.25 Å². The summed E-state index contributed by atoms with van der Waals surface area (Å²) >= 11 is 9.07. The third-order valence-corrected chi connectivity index (χ3v) is 5.54. The highest BCUT2D eigenvalue weighted by molar-refractivity contribution is 9.10. The summed E-state index contributed by atoms with van der Waals surface area (Å²) in [6.45, 7) is 0.255. The van der Waals surface area contributed by atoms with E-state index in [1.807, 2.05) is 0 Å². The largest absolute Gasteiger partial charge is 0.314 e. The zero-order valence-electron chi connectivity index (χ0n) is 9.15. The number of nitrogens with one attached hydrogen (secondary N) is 3. The number of nitrogens with two attached hydrogens (primary N) is 1. The molecule has 9 heteroatoms.